The predicted molar refractivity (Wildman–Crippen MR) is 118 cm³/mol. The Labute approximate surface area is 184 Å². The van der Waals surface area contributed by atoms with Crippen molar-refractivity contribution in [2.75, 3.05) is 24.8 Å². The van der Waals surface area contributed by atoms with E-state index in [1.165, 1.54) is 16.7 Å². The second-order valence-electron chi connectivity index (χ2n) is 7.77. The van der Waals surface area contributed by atoms with Crippen LogP contribution in [-0.2, 0) is 14.3 Å². The first kappa shape index (κ1) is 21.2. The maximum absolute atomic E-state index is 12.6. The number of nitrogens with one attached hydrogen (secondary N) is 1. The molecule has 1 heterocycles. The van der Waals surface area contributed by atoms with Gasteiger partial charge in [0.05, 0.1) is 11.8 Å². The minimum absolute atomic E-state index is 0.0323. The highest BCUT2D eigenvalue weighted by Gasteiger charge is 2.36. The number of amides is 2. The maximum Gasteiger partial charge on any atom is 0.407 e. The molecule has 0 radical (unpaired) electrons. The molecule has 8 heteroatoms. The minimum Gasteiger partial charge on any atom is -0.480 e. The Kier molecular flexibility index (Phi) is 6.18. The lowest BCUT2D eigenvalue weighted by Crippen LogP contribution is -2.46. The number of hydrogen-bond donors (Lipinski definition) is 2. The van der Waals surface area contributed by atoms with Crippen LogP contribution in [0.25, 0.3) is 11.1 Å². The summed E-state index contributed by atoms with van der Waals surface area (Å²) >= 11 is 1.41. The number of thioether (sulfide) groups is 1. The molecular formula is C23H24N2O5S. The summed E-state index contributed by atoms with van der Waals surface area (Å²) in [7, 11) is 0. The molecule has 0 saturated carbocycles. The molecule has 1 aliphatic heterocycles. The van der Waals surface area contributed by atoms with Crippen LogP contribution in [0.1, 0.15) is 24.0 Å². The molecule has 7 nitrogen and oxygen atoms in total. The molecule has 2 atom stereocenters. The normalized spacial score (nSPS) is 18.2. The number of nitrogens with zero attached hydrogens (tertiary/aromatic N) is 1. The second kappa shape index (κ2) is 9.01. The van der Waals surface area contributed by atoms with E-state index in [9.17, 15) is 19.5 Å². The summed E-state index contributed by atoms with van der Waals surface area (Å²) in [6.07, 6.45) is -0.591. The van der Waals surface area contributed by atoms with Gasteiger partial charge in [-0.1, -0.05) is 55.5 Å². The molecule has 2 aliphatic rings. The first-order chi connectivity index (χ1) is 15.0. The summed E-state index contributed by atoms with van der Waals surface area (Å²) in [4.78, 5) is 37.5. The van der Waals surface area contributed by atoms with Crippen molar-refractivity contribution in [1.29, 1.82) is 0 Å². The van der Waals surface area contributed by atoms with E-state index in [1.807, 2.05) is 24.3 Å². The van der Waals surface area contributed by atoms with Crippen molar-refractivity contribution in [2.45, 2.75) is 18.9 Å². The van der Waals surface area contributed by atoms with Gasteiger partial charge >= 0.3 is 12.1 Å². The topological polar surface area (TPSA) is 95.9 Å². The van der Waals surface area contributed by atoms with Crippen LogP contribution < -0.4 is 5.32 Å². The third-order valence-electron chi connectivity index (χ3n) is 5.77. The van der Waals surface area contributed by atoms with Crippen LogP contribution in [0, 0.1) is 5.92 Å². The van der Waals surface area contributed by atoms with Crippen molar-refractivity contribution in [1.82, 2.24) is 10.2 Å². The quantitative estimate of drug-likeness (QED) is 0.717. The van der Waals surface area contributed by atoms with Crippen LogP contribution >= 0.6 is 11.8 Å². The molecule has 2 aromatic carbocycles. The fraction of sp³-hybridized carbons (Fsp3) is 0.348. The summed E-state index contributed by atoms with van der Waals surface area (Å²) in [5.74, 6) is -1.12. The van der Waals surface area contributed by atoms with Crippen LogP contribution in [0.4, 0.5) is 4.79 Å². The first-order valence-corrected chi connectivity index (χ1v) is 11.3. The number of carbonyl (C=O) groups excluding carboxylic acids is 2. The van der Waals surface area contributed by atoms with Gasteiger partial charge < -0.3 is 20.1 Å². The van der Waals surface area contributed by atoms with Gasteiger partial charge in [0.15, 0.2) is 0 Å². The van der Waals surface area contributed by atoms with Crippen LogP contribution in [0.15, 0.2) is 48.5 Å². The molecule has 0 bridgehead atoms. The summed E-state index contributed by atoms with van der Waals surface area (Å²) in [6, 6.07) is 15.4. The van der Waals surface area contributed by atoms with Crippen LogP contribution in [-0.4, -0.2) is 58.8 Å². The Bertz CT molecular complexity index is 965. The van der Waals surface area contributed by atoms with Crippen molar-refractivity contribution in [2.24, 2.45) is 5.92 Å². The highest BCUT2D eigenvalue weighted by Crippen LogP contribution is 2.44. The lowest BCUT2D eigenvalue weighted by Gasteiger charge is -2.24. The van der Waals surface area contributed by atoms with Crippen molar-refractivity contribution < 1.29 is 24.2 Å². The van der Waals surface area contributed by atoms with E-state index >= 15 is 0 Å². The molecule has 1 fully saturated rings. The SMILES string of the molecule is CC(CNC(=O)OCC1c2ccccc2-c2ccccc21)C(=O)N1CSCC1C(=O)O. The van der Waals surface area contributed by atoms with Crippen LogP contribution in [0.5, 0.6) is 0 Å². The number of ether oxygens (including phenoxy) is 1. The van der Waals surface area contributed by atoms with Crippen LogP contribution in [0.2, 0.25) is 0 Å². The van der Waals surface area contributed by atoms with E-state index in [0.717, 1.165) is 22.3 Å². The summed E-state index contributed by atoms with van der Waals surface area (Å²) in [5.41, 5.74) is 4.57. The van der Waals surface area contributed by atoms with Gasteiger partial charge in [-0.05, 0) is 22.3 Å². The summed E-state index contributed by atoms with van der Waals surface area (Å²) in [5, 5.41) is 11.9. The fourth-order valence-electron chi connectivity index (χ4n) is 4.12. The van der Waals surface area contributed by atoms with Gasteiger partial charge in [-0.25, -0.2) is 9.59 Å². The number of carbonyl (C=O) groups is 3. The van der Waals surface area contributed by atoms with Gasteiger partial charge in [0.2, 0.25) is 5.91 Å². The van der Waals surface area contributed by atoms with Crippen molar-refractivity contribution in [3.63, 3.8) is 0 Å². The van der Waals surface area contributed by atoms with E-state index in [-0.39, 0.29) is 25.0 Å². The maximum atomic E-state index is 12.6. The monoisotopic (exact) mass is 440 g/mol. The lowest BCUT2D eigenvalue weighted by molar-refractivity contribution is -0.149. The molecule has 31 heavy (non-hydrogen) atoms. The zero-order chi connectivity index (χ0) is 22.0. The smallest absolute Gasteiger partial charge is 0.407 e. The molecule has 2 unspecified atom stereocenters. The molecule has 0 spiro atoms. The van der Waals surface area contributed by atoms with E-state index in [2.05, 4.69) is 29.6 Å². The van der Waals surface area contributed by atoms with Crippen molar-refractivity contribution in [3.8, 4) is 11.1 Å². The lowest BCUT2D eigenvalue weighted by atomic mass is 9.98. The highest BCUT2D eigenvalue weighted by atomic mass is 32.2. The number of fused-ring (bicyclic) bond motifs is 3. The number of hydrogen-bond acceptors (Lipinski definition) is 5. The predicted octanol–water partition coefficient (Wildman–Crippen LogP) is 3.15. The number of alkyl carbamates (subject to hydrolysis) is 1. The average molecular weight is 441 g/mol. The molecule has 4 rings (SSSR count). The first-order valence-electron chi connectivity index (χ1n) is 10.2. The largest absolute Gasteiger partial charge is 0.480 e. The van der Waals surface area contributed by atoms with Crippen molar-refractivity contribution >= 4 is 29.7 Å². The molecular weight excluding hydrogens is 416 g/mol. The Morgan fingerprint density at radius 2 is 1.74 bits per heavy atom. The minimum atomic E-state index is -1.00. The van der Waals surface area contributed by atoms with Gasteiger partial charge in [0.1, 0.15) is 12.6 Å². The average Bonchev–Trinajstić information content (AvgIpc) is 3.39. The van der Waals surface area contributed by atoms with Gasteiger partial charge in [-0.15, -0.1) is 11.8 Å². The van der Waals surface area contributed by atoms with Gasteiger partial charge in [-0.2, -0.15) is 0 Å². The van der Waals surface area contributed by atoms with Crippen LogP contribution in [0.3, 0.4) is 0 Å². The third kappa shape index (κ3) is 4.25. The highest BCUT2D eigenvalue weighted by molar-refractivity contribution is 7.99. The zero-order valence-electron chi connectivity index (χ0n) is 17.1. The van der Waals surface area contributed by atoms with Gasteiger partial charge in [0, 0.05) is 18.2 Å². The zero-order valence-corrected chi connectivity index (χ0v) is 17.9. The number of carboxylic acid groups (broad SMARTS) is 1. The number of carboxylic acids is 1. The Hall–Kier alpha value is -3.00. The second-order valence-corrected chi connectivity index (χ2v) is 8.77. The molecule has 2 N–H and O–H groups in total. The summed E-state index contributed by atoms with van der Waals surface area (Å²) in [6.45, 7) is 1.96. The van der Waals surface area contributed by atoms with E-state index in [1.54, 1.807) is 6.92 Å². The third-order valence-corrected chi connectivity index (χ3v) is 6.78. The Morgan fingerprint density at radius 3 is 2.35 bits per heavy atom. The summed E-state index contributed by atoms with van der Waals surface area (Å²) < 4.78 is 5.48. The van der Waals surface area contributed by atoms with Gasteiger partial charge in [-0.3, -0.25) is 4.79 Å². The molecule has 2 amide bonds. The number of benzene rings is 2. The number of rotatable bonds is 6. The molecule has 1 aliphatic carbocycles. The van der Waals surface area contributed by atoms with E-state index in [4.69, 9.17) is 4.74 Å². The van der Waals surface area contributed by atoms with E-state index < -0.39 is 24.0 Å². The number of aliphatic carboxylic acids is 1. The Balaban J connectivity index is 1.32. The fourth-order valence-corrected chi connectivity index (χ4v) is 5.28. The van der Waals surface area contributed by atoms with Crippen molar-refractivity contribution in [3.05, 3.63) is 59.7 Å². The molecule has 1 saturated heterocycles. The Morgan fingerprint density at radius 1 is 1.13 bits per heavy atom. The molecule has 0 aromatic heterocycles. The molecule has 2 aromatic rings. The van der Waals surface area contributed by atoms with Gasteiger partial charge in [0.25, 0.3) is 0 Å². The van der Waals surface area contributed by atoms with E-state index in [0.29, 0.717) is 11.6 Å². The molecule has 162 valence electrons. The standard InChI is InChI=1S/C23H24N2O5S/c1-14(21(26)25-13-31-12-20(25)22(27)28)10-24-23(29)30-11-19-17-8-4-2-6-15(17)16-7-3-5-9-18(16)19/h2-9,14,19-20H,10-13H2,1H3,(H,24,29)(H,27,28).